The van der Waals surface area contributed by atoms with Crippen molar-refractivity contribution >= 4 is 17.2 Å². The van der Waals surface area contributed by atoms with Crippen molar-refractivity contribution in [2.45, 2.75) is 6.04 Å². The summed E-state index contributed by atoms with van der Waals surface area (Å²) in [5.41, 5.74) is 0.559. The van der Waals surface area contributed by atoms with Gasteiger partial charge in [-0.1, -0.05) is 18.2 Å². The Morgan fingerprint density at radius 1 is 1.29 bits per heavy atom. The maximum Gasteiger partial charge on any atom is 0.255 e. The molecule has 0 saturated heterocycles. The van der Waals surface area contributed by atoms with Crippen LogP contribution >= 0.6 is 11.3 Å². The predicted molar refractivity (Wildman–Crippen MR) is 86.1 cm³/mol. The van der Waals surface area contributed by atoms with Gasteiger partial charge in [-0.05, 0) is 37.7 Å². The standard InChI is InChI=1S/C16H20N2O2S/c1-18(2)13(15-9-6-10-21-15)11-17-16(19)12-7-4-5-8-14(12)20-3/h4-10,13H,11H2,1-3H3,(H,17,19)/t13-/m0/s1. The highest BCUT2D eigenvalue weighted by Gasteiger charge is 2.18. The molecule has 0 unspecified atom stereocenters. The molecule has 21 heavy (non-hydrogen) atoms. The third kappa shape index (κ3) is 3.83. The first-order valence-electron chi connectivity index (χ1n) is 6.74. The number of carbonyl (C=O) groups is 1. The number of hydrogen-bond acceptors (Lipinski definition) is 4. The van der Waals surface area contributed by atoms with Crippen molar-refractivity contribution < 1.29 is 9.53 Å². The molecule has 1 atom stereocenters. The van der Waals surface area contributed by atoms with Crippen LogP contribution in [0.5, 0.6) is 5.75 Å². The lowest BCUT2D eigenvalue weighted by Gasteiger charge is -2.23. The highest BCUT2D eigenvalue weighted by Crippen LogP contribution is 2.23. The maximum atomic E-state index is 12.3. The van der Waals surface area contributed by atoms with Crippen molar-refractivity contribution in [3.63, 3.8) is 0 Å². The molecule has 0 aliphatic heterocycles. The minimum absolute atomic E-state index is 0.115. The predicted octanol–water partition coefficient (Wildman–Crippen LogP) is 2.79. The quantitative estimate of drug-likeness (QED) is 0.892. The fourth-order valence-corrected chi connectivity index (χ4v) is 3.06. The fraction of sp³-hybridized carbons (Fsp3) is 0.312. The third-order valence-corrected chi connectivity index (χ3v) is 4.28. The zero-order valence-electron chi connectivity index (χ0n) is 12.5. The van der Waals surface area contributed by atoms with Crippen molar-refractivity contribution in [1.29, 1.82) is 0 Å². The normalized spacial score (nSPS) is 12.2. The van der Waals surface area contributed by atoms with E-state index in [1.807, 2.05) is 37.7 Å². The maximum absolute atomic E-state index is 12.3. The summed E-state index contributed by atoms with van der Waals surface area (Å²) in [5.74, 6) is 0.475. The number of likely N-dealkylation sites (N-methyl/N-ethyl adjacent to an activating group) is 1. The molecule has 1 heterocycles. The van der Waals surface area contributed by atoms with E-state index in [9.17, 15) is 4.79 Å². The van der Waals surface area contributed by atoms with E-state index in [1.165, 1.54) is 4.88 Å². The van der Waals surface area contributed by atoms with Crippen LogP contribution in [-0.2, 0) is 0 Å². The monoisotopic (exact) mass is 304 g/mol. The van der Waals surface area contributed by atoms with Crippen LogP contribution in [0.15, 0.2) is 41.8 Å². The molecule has 1 N–H and O–H groups in total. The number of nitrogens with one attached hydrogen (secondary N) is 1. The van der Waals surface area contributed by atoms with Crippen LogP contribution in [0.4, 0.5) is 0 Å². The second kappa shape index (κ2) is 7.24. The molecular formula is C16H20N2O2S. The van der Waals surface area contributed by atoms with Crippen molar-refractivity contribution in [2.75, 3.05) is 27.7 Å². The molecular weight excluding hydrogens is 284 g/mol. The van der Waals surface area contributed by atoms with Gasteiger partial charge in [0.2, 0.25) is 0 Å². The Hall–Kier alpha value is -1.85. The van der Waals surface area contributed by atoms with Crippen molar-refractivity contribution in [1.82, 2.24) is 10.2 Å². The van der Waals surface area contributed by atoms with Gasteiger partial charge in [0.1, 0.15) is 5.75 Å². The topological polar surface area (TPSA) is 41.6 Å². The van der Waals surface area contributed by atoms with Gasteiger partial charge >= 0.3 is 0 Å². The van der Waals surface area contributed by atoms with E-state index in [-0.39, 0.29) is 11.9 Å². The van der Waals surface area contributed by atoms with Gasteiger partial charge in [-0.3, -0.25) is 4.79 Å². The SMILES string of the molecule is COc1ccccc1C(=O)NC[C@@H](c1cccs1)N(C)C. The number of para-hydroxylation sites is 1. The second-order valence-corrected chi connectivity index (χ2v) is 5.88. The highest BCUT2D eigenvalue weighted by atomic mass is 32.1. The number of benzene rings is 1. The fourth-order valence-electron chi connectivity index (χ4n) is 2.14. The van der Waals surface area contributed by atoms with Crippen LogP contribution in [0.3, 0.4) is 0 Å². The summed E-state index contributed by atoms with van der Waals surface area (Å²) in [6.45, 7) is 0.560. The Balaban J connectivity index is 2.06. The van der Waals surface area contributed by atoms with Crippen LogP contribution < -0.4 is 10.1 Å². The average molecular weight is 304 g/mol. The van der Waals surface area contributed by atoms with Crippen LogP contribution in [-0.4, -0.2) is 38.6 Å². The Morgan fingerprint density at radius 3 is 2.67 bits per heavy atom. The summed E-state index contributed by atoms with van der Waals surface area (Å²) < 4.78 is 5.22. The van der Waals surface area contributed by atoms with E-state index in [4.69, 9.17) is 4.74 Å². The number of thiophene rings is 1. The molecule has 0 bridgehead atoms. The van der Waals surface area contributed by atoms with Crippen molar-refractivity contribution in [3.8, 4) is 5.75 Å². The molecule has 4 nitrogen and oxygen atoms in total. The van der Waals surface area contributed by atoms with E-state index < -0.39 is 0 Å². The molecule has 1 amide bonds. The van der Waals surface area contributed by atoms with Gasteiger partial charge in [0, 0.05) is 11.4 Å². The number of amides is 1. The number of nitrogens with zero attached hydrogens (tertiary/aromatic N) is 1. The van der Waals surface area contributed by atoms with Crippen LogP contribution in [0.1, 0.15) is 21.3 Å². The first-order valence-corrected chi connectivity index (χ1v) is 7.62. The highest BCUT2D eigenvalue weighted by molar-refractivity contribution is 7.10. The molecule has 1 aromatic heterocycles. The molecule has 0 aliphatic rings. The van der Waals surface area contributed by atoms with E-state index in [0.29, 0.717) is 17.9 Å². The summed E-state index contributed by atoms with van der Waals surface area (Å²) in [7, 11) is 5.60. The number of ether oxygens (including phenoxy) is 1. The summed E-state index contributed by atoms with van der Waals surface area (Å²) in [4.78, 5) is 15.7. The lowest BCUT2D eigenvalue weighted by atomic mass is 10.1. The molecule has 0 fully saturated rings. The van der Waals surface area contributed by atoms with Crippen LogP contribution in [0.25, 0.3) is 0 Å². The van der Waals surface area contributed by atoms with Gasteiger partial charge in [0.05, 0.1) is 18.7 Å². The minimum atomic E-state index is -0.115. The van der Waals surface area contributed by atoms with Crippen molar-refractivity contribution in [3.05, 3.63) is 52.2 Å². The lowest BCUT2D eigenvalue weighted by Crippen LogP contribution is -2.34. The molecule has 2 rings (SSSR count). The van der Waals surface area contributed by atoms with Crippen molar-refractivity contribution in [2.24, 2.45) is 0 Å². The van der Waals surface area contributed by atoms with Gasteiger partial charge in [-0.2, -0.15) is 0 Å². The minimum Gasteiger partial charge on any atom is -0.496 e. The van der Waals surface area contributed by atoms with E-state index >= 15 is 0 Å². The molecule has 0 radical (unpaired) electrons. The molecule has 0 aliphatic carbocycles. The molecule has 5 heteroatoms. The molecule has 112 valence electrons. The van der Waals surface area contributed by atoms with Crippen LogP contribution in [0.2, 0.25) is 0 Å². The van der Waals surface area contributed by atoms with Gasteiger partial charge in [0.15, 0.2) is 0 Å². The summed E-state index contributed by atoms with van der Waals surface area (Å²) in [5, 5.41) is 5.04. The number of carbonyl (C=O) groups excluding carboxylic acids is 1. The molecule has 2 aromatic rings. The first kappa shape index (κ1) is 15.5. The third-order valence-electron chi connectivity index (χ3n) is 3.30. The number of hydrogen-bond donors (Lipinski definition) is 1. The first-order chi connectivity index (χ1) is 10.1. The molecule has 1 aromatic carbocycles. The Bertz CT molecular complexity index is 582. The Morgan fingerprint density at radius 2 is 2.05 bits per heavy atom. The second-order valence-electron chi connectivity index (χ2n) is 4.91. The number of methoxy groups -OCH3 is 1. The van der Waals surface area contributed by atoms with Gasteiger partial charge < -0.3 is 15.0 Å². The lowest BCUT2D eigenvalue weighted by molar-refractivity contribution is 0.0939. The largest absolute Gasteiger partial charge is 0.496 e. The summed E-state index contributed by atoms with van der Waals surface area (Å²) >= 11 is 1.70. The zero-order chi connectivity index (χ0) is 15.2. The zero-order valence-corrected chi connectivity index (χ0v) is 13.3. The Labute approximate surface area is 129 Å². The van der Waals surface area contributed by atoms with E-state index in [0.717, 1.165) is 0 Å². The number of rotatable bonds is 6. The average Bonchev–Trinajstić information content (AvgIpc) is 3.01. The van der Waals surface area contributed by atoms with Gasteiger partial charge in [0.25, 0.3) is 5.91 Å². The Kier molecular flexibility index (Phi) is 5.36. The van der Waals surface area contributed by atoms with Gasteiger partial charge in [-0.25, -0.2) is 0 Å². The molecule has 0 saturated carbocycles. The van der Waals surface area contributed by atoms with E-state index in [2.05, 4.69) is 16.3 Å². The van der Waals surface area contributed by atoms with E-state index in [1.54, 1.807) is 30.6 Å². The van der Waals surface area contributed by atoms with Gasteiger partial charge in [-0.15, -0.1) is 11.3 Å². The summed E-state index contributed by atoms with van der Waals surface area (Å²) in [6.07, 6.45) is 0. The van der Waals surface area contributed by atoms with Crippen LogP contribution in [0, 0.1) is 0 Å². The smallest absolute Gasteiger partial charge is 0.255 e. The molecule has 0 spiro atoms. The summed E-state index contributed by atoms with van der Waals surface area (Å²) in [6, 6.07) is 11.5.